The number of anilines is 1. The smallest absolute Gasteiger partial charge is 0.274 e. The van der Waals surface area contributed by atoms with Crippen molar-refractivity contribution in [3.8, 4) is 11.1 Å². The second-order valence-corrected chi connectivity index (χ2v) is 8.18. The lowest BCUT2D eigenvalue weighted by molar-refractivity contribution is 0.102. The number of carbonyl (C=O) groups is 1. The van der Waals surface area contributed by atoms with Gasteiger partial charge in [0, 0.05) is 41.6 Å². The number of aromatic amines is 1. The molecule has 3 N–H and O–H groups in total. The van der Waals surface area contributed by atoms with E-state index >= 15 is 0 Å². The fraction of sp³-hybridized carbons (Fsp3) is 0.200. The van der Waals surface area contributed by atoms with Gasteiger partial charge in [0.05, 0.1) is 12.2 Å². The van der Waals surface area contributed by atoms with Crippen LogP contribution in [0.1, 0.15) is 40.2 Å². The molecule has 0 spiro atoms. The third kappa shape index (κ3) is 3.40. The van der Waals surface area contributed by atoms with Gasteiger partial charge in [-0.3, -0.25) is 9.59 Å². The lowest BCUT2D eigenvalue weighted by atomic mass is 9.97. The Hall–Kier alpha value is -3.71. The standard InChI is InChI=1S/C25H22FN3O3/c1-29-12-19(17-9-10-27-23(17)25(29)32)16-3-2-4-22(20(16)13-30)28-24(31)18-8-7-15(11-21(18)26)14-5-6-14/h2-4,7-12,14,27,30H,5-6,13H2,1H3,(H,28,31). The zero-order chi connectivity index (χ0) is 22.4. The molecule has 0 unspecified atom stereocenters. The van der Waals surface area contributed by atoms with Gasteiger partial charge in [0.25, 0.3) is 11.5 Å². The quantitative estimate of drug-likeness (QED) is 0.440. The predicted molar refractivity (Wildman–Crippen MR) is 121 cm³/mol. The van der Waals surface area contributed by atoms with E-state index in [2.05, 4.69) is 10.3 Å². The highest BCUT2D eigenvalue weighted by atomic mass is 19.1. The van der Waals surface area contributed by atoms with Gasteiger partial charge in [-0.05, 0) is 54.2 Å². The van der Waals surface area contributed by atoms with Gasteiger partial charge in [-0.2, -0.15) is 0 Å². The number of nitrogens with zero attached hydrogens (tertiary/aromatic N) is 1. The third-order valence-corrected chi connectivity index (χ3v) is 6.05. The third-order valence-electron chi connectivity index (χ3n) is 6.05. The first-order chi connectivity index (χ1) is 15.5. The minimum Gasteiger partial charge on any atom is -0.392 e. The largest absolute Gasteiger partial charge is 0.392 e. The average Bonchev–Trinajstić information content (AvgIpc) is 3.52. The first kappa shape index (κ1) is 20.2. The van der Waals surface area contributed by atoms with E-state index in [0.29, 0.717) is 33.6 Å². The normalized spacial score (nSPS) is 13.5. The number of halogens is 1. The summed E-state index contributed by atoms with van der Waals surface area (Å²) < 4.78 is 16.1. The number of aliphatic hydroxyl groups excluding tert-OH is 1. The van der Waals surface area contributed by atoms with Crippen molar-refractivity contribution in [2.24, 2.45) is 7.05 Å². The Bertz CT molecular complexity index is 1420. The van der Waals surface area contributed by atoms with Crippen LogP contribution in [0.3, 0.4) is 0 Å². The minimum absolute atomic E-state index is 0.0428. The number of rotatable bonds is 5. The van der Waals surface area contributed by atoms with Crippen molar-refractivity contribution in [1.82, 2.24) is 9.55 Å². The summed E-state index contributed by atoms with van der Waals surface area (Å²) in [6, 6.07) is 11.8. The monoisotopic (exact) mass is 431 g/mol. The highest BCUT2D eigenvalue weighted by Gasteiger charge is 2.25. The van der Waals surface area contributed by atoms with Crippen LogP contribution in [0.4, 0.5) is 10.1 Å². The molecule has 0 radical (unpaired) electrons. The summed E-state index contributed by atoms with van der Waals surface area (Å²) in [5.74, 6) is -0.740. The molecular weight excluding hydrogens is 409 g/mol. The highest BCUT2D eigenvalue weighted by molar-refractivity contribution is 6.06. The van der Waals surface area contributed by atoms with Crippen molar-refractivity contribution in [3.63, 3.8) is 0 Å². The summed E-state index contributed by atoms with van der Waals surface area (Å²) in [5, 5.41) is 13.6. The Kier molecular flexibility index (Phi) is 4.90. The molecule has 7 heteroatoms. The van der Waals surface area contributed by atoms with Crippen molar-refractivity contribution in [2.45, 2.75) is 25.4 Å². The number of fused-ring (bicyclic) bond motifs is 1. The first-order valence-corrected chi connectivity index (χ1v) is 10.5. The van der Waals surface area contributed by atoms with Crippen LogP contribution in [0.25, 0.3) is 22.0 Å². The molecule has 0 bridgehead atoms. The Morgan fingerprint density at radius 3 is 2.75 bits per heavy atom. The molecule has 6 nitrogen and oxygen atoms in total. The maximum absolute atomic E-state index is 14.6. The molecule has 1 amide bonds. The molecule has 1 aliphatic carbocycles. The molecule has 162 valence electrons. The van der Waals surface area contributed by atoms with E-state index in [1.165, 1.54) is 16.7 Å². The number of hydrogen-bond acceptors (Lipinski definition) is 3. The van der Waals surface area contributed by atoms with Crippen LogP contribution in [0.5, 0.6) is 0 Å². The van der Waals surface area contributed by atoms with Gasteiger partial charge in [0.2, 0.25) is 0 Å². The molecule has 0 aliphatic heterocycles. The van der Waals surface area contributed by atoms with Gasteiger partial charge in [-0.1, -0.05) is 18.2 Å². The Balaban J connectivity index is 1.54. The molecule has 2 aromatic heterocycles. The van der Waals surface area contributed by atoms with Gasteiger partial charge < -0.3 is 20.0 Å². The summed E-state index contributed by atoms with van der Waals surface area (Å²) in [5.41, 5.74) is 3.46. The van der Waals surface area contributed by atoms with Gasteiger partial charge in [0.15, 0.2) is 0 Å². The zero-order valence-electron chi connectivity index (χ0n) is 17.5. The average molecular weight is 431 g/mol. The Labute approximate surface area is 183 Å². The minimum atomic E-state index is -0.580. The fourth-order valence-electron chi connectivity index (χ4n) is 4.19. The van der Waals surface area contributed by atoms with Crippen molar-refractivity contribution >= 4 is 22.5 Å². The summed E-state index contributed by atoms with van der Waals surface area (Å²) in [7, 11) is 1.66. The second-order valence-electron chi connectivity index (χ2n) is 8.18. The van der Waals surface area contributed by atoms with Crippen molar-refractivity contribution in [1.29, 1.82) is 0 Å². The second kappa shape index (κ2) is 7.76. The van der Waals surface area contributed by atoms with Crippen molar-refractivity contribution in [2.75, 3.05) is 5.32 Å². The number of aliphatic hydroxyl groups is 1. The summed E-state index contributed by atoms with van der Waals surface area (Å²) in [6.07, 6.45) is 5.50. The fourth-order valence-corrected chi connectivity index (χ4v) is 4.19. The highest BCUT2D eigenvalue weighted by Crippen LogP contribution is 2.40. The molecule has 5 rings (SSSR count). The van der Waals surface area contributed by atoms with E-state index in [9.17, 15) is 19.1 Å². The molecule has 2 aromatic carbocycles. The molecular formula is C25H22FN3O3. The van der Waals surface area contributed by atoms with Crippen LogP contribution in [-0.2, 0) is 13.7 Å². The maximum Gasteiger partial charge on any atom is 0.274 e. The lowest BCUT2D eigenvalue weighted by Gasteiger charge is -2.16. The molecule has 4 aromatic rings. The molecule has 32 heavy (non-hydrogen) atoms. The predicted octanol–water partition coefficient (Wildman–Crippen LogP) is 4.29. The molecule has 1 aliphatic rings. The van der Waals surface area contributed by atoms with E-state index in [4.69, 9.17) is 0 Å². The van der Waals surface area contributed by atoms with E-state index in [-0.39, 0.29) is 17.7 Å². The number of aryl methyl sites for hydroxylation is 1. The number of pyridine rings is 1. The van der Waals surface area contributed by atoms with Crippen LogP contribution in [-0.4, -0.2) is 20.6 Å². The number of nitrogens with one attached hydrogen (secondary N) is 2. The van der Waals surface area contributed by atoms with Crippen molar-refractivity contribution < 1.29 is 14.3 Å². The summed E-state index contributed by atoms with van der Waals surface area (Å²) in [4.78, 5) is 28.2. The molecule has 0 saturated heterocycles. The van der Waals surface area contributed by atoms with Gasteiger partial charge in [-0.15, -0.1) is 0 Å². The maximum atomic E-state index is 14.6. The Morgan fingerprint density at radius 2 is 2.03 bits per heavy atom. The summed E-state index contributed by atoms with van der Waals surface area (Å²) >= 11 is 0. The number of carbonyl (C=O) groups excluding carboxylic acids is 1. The molecule has 0 atom stereocenters. The van der Waals surface area contributed by atoms with E-state index in [0.717, 1.165) is 24.0 Å². The number of H-pyrrole nitrogens is 1. The van der Waals surface area contributed by atoms with E-state index in [1.54, 1.807) is 43.7 Å². The Morgan fingerprint density at radius 1 is 1.22 bits per heavy atom. The van der Waals surface area contributed by atoms with Gasteiger partial charge >= 0.3 is 0 Å². The van der Waals surface area contributed by atoms with Gasteiger partial charge in [-0.25, -0.2) is 4.39 Å². The molecule has 1 saturated carbocycles. The summed E-state index contributed by atoms with van der Waals surface area (Å²) in [6.45, 7) is -0.344. The SMILES string of the molecule is Cn1cc(-c2cccc(NC(=O)c3ccc(C4CC4)cc3F)c2CO)c2cc[nH]c2c1=O. The molecule has 2 heterocycles. The van der Waals surface area contributed by atoms with Crippen LogP contribution in [0.2, 0.25) is 0 Å². The van der Waals surface area contributed by atoms with Gasteiger partial charge in [0.1, 0.15) is 11.3 Å². The van der Waals surface area contributed by atoms with E-state index < -0.39 is 11.7 Å². The molecule has 1 fully saturated rings. The van der Waals surface area contributed by atoms with Crippen LogP contribution >= 0.6 is 0 Å². The van der Waals surface area contributed by atoms with E-state index in [1.807, 2.05) is 6.07 Å². The zero-order valence-corrected chi connectivity index (χ0v) is 17.5. The topological polar surface area (TPSA) is 87.1 Å². The van der Waals surface area contributed by atoms with Crippen molar-refractivity contribution in [3.05, 3.63) is 87.7 Å². The van der Waals surface area contributed by atoms with Crippen LogP contribution < -0.4 is 10.9 Å². The first-order valence-electron chi connectivity index (χ1n) is 10.5. The van der Waals surface area contributed by atoms with Crippen LogP contribution in [0, 0.1) is 5.82 Å². The number of amides is 1. The number of hydrogen-bond donors (Lipinski definition) is 3. The number of aromatic nitrogens is 2. The lowest BCUT2D eigenvalue weighted by Crippen LogP contribution is -2.17. The number of benzene rings is 2. The van der Waals surface area contributed by atoms with Crippen LogP contribution in [0.15, 0.2) is 59.7 Å².